The van der Waals surface area contributed by atoms with Gasteiger partial charge in [0.1, 0.15) is 17.7 Å². The summed E-state index contributed by atoms with van der Waals surface area (Å²) < 4.78 is 18.4. The van der Waals surface area contributed by atoms with Crippen molar-refractivity contribution in [3.63, 3.8) is 0 Å². The second-order valence-electron chi connectivity index (χ2n) is 3.37. The van der Waals surface area contributed by atoms with Crippen LogP contribution < -0.4 is 10.5 Å². The van der Waals surface area contributed by atoms with Gasteiger partial charge in [-0.3, -0.25) is 0 Å². The van der Waals surface area contributed by atoms with Crippen molar-refractivity contribution in [2.24, 2.45) is 5.73 Å². The molecule has 2 nitrogen and oxygen atoms in total. The van der Waals surface area contributed by atoms with Crippen LogP contribution in [0.4, 0.5) is 4.39 Å². The quantitative estimate of drug-likeness (QED) is 0.758. The number of hydrogen-bond acceptors (Lipinski definition) is 2. The molecule has 0 aromatic heterocycles. The van der Waals surface area contributed by atoms with Gasteiger partial charge in [0.2, 0.25) is 0 Å². The highest BCUT2D eigenvalue weighted by Crippen LogP contribution is 2.30. The monoisotopic (exact) mass is 211 g/mol. The van der Waals surface area contributed by atoms with Crippen LogP contribution >= 0.6 is 12.2 Å². The van der Waals surface area contributed by atoms with Gasteiger partial charge in [-0.2, -0.15) is 0 Å². The first kappa shape index (κ1) is 9.40. The highest BCUT2D eigenvalue weighted by atomic mass is 32.1. The average molecular weight is 211 g/mol. The maximum atomic E-state index is 12.8. The molecule has 2 rings (SSSR count). The average Bonchev–Trinajstić information content (AvgIpc) is 2.44. The molecule has 2 N–H and O–H groups in total. The molecule has 0 spiro atoms. The molecule has 0 saturated carbocycles. The molecule has 1 aliphatic rings. The minimum absolute atomic E-state index is 0.0238. The lowest BCUT2D eigenvalue weighted by Gasteiger charge is -2.08. The molecular formula is C10H10FNOS. The van der Waals surface area contributed by atoms with Crippen molar-refractivity contribution in [3.05, 3.63) is 29.6 Å². The Balaban J connectivity index is 2.14. The normalized spacial score (nSPS) is 18.8. The van der Waals surface area contributed by atoms with E-state index in [-0.39, 0.29) is 11.9 Å². The van der Waals surface area contributed by atoms with Gasteiger partial charge in [0.15, 0.2) is 0 Å². The lowest BCUT2D eigenvalue weighted by Crippen LogP contribution is -2.21. The second kappa shape index (κ2) is 3.53. The van der Waals surface area contributed by atoms with Crippen molar-refractivity contribution in [2.45, 2.75) is 18.9 Å². The summed E-state index contributed by atoms with van der Waals surface area (Å²) >= 11 is 4.79. The zero-order valence-electron chi connectivity index (χ0n) is 7.50. The molecule has 1 atom stereocenters. The van der Waals surface area contributed by atoms with Crippen molar-refractivity contribution >= 4 is 17.2 Å². The summed E-state index contributed by atoms with van der Waals surface area (Å²) in [5.41, 5.74) is 6.31. The molecule has 1 heterocycles. The lowest BCUT2D eigenvalue weighted by atomic mass is 10.1. The van der Waals surface area contributed by atoms with E-state index in [9.17, 15) is 4.39 Å². The number of hydrogen-bond donors (Lipinski definition) is 1. The Hall–Kier alpha value is -1.16. The largest absolute Gasteiger partial charge is 0.489 e. The molecule has 1 aliphatic heterocycles. The van der Waals surface area contributed by atoms with Gasteiger partial charge in [-0.15, -0.1) is 0 Å². The molecule has 0 aliphatic carbocycles. The molecule has 0 bridgehead atoms. The number of benzene rings is 1. The number of nitrogens with two attached hydrogens (primary N) is 1. The standard InChI is InChI=1S/C10H10FNOS/c11-7-1-2-9-6(3-7)4-8(13-9)5-10(12)14/h1-3,8H,4-5H2,(H2,12,14). The van der Waals surface area contributed by atoms with Crippen LogP contribution in [-0.2, 0) is 6.42 Å². The minimum Gasteiger partial charge on any atom is -0.489 e. The van der Waals surface area contributed by atoms with Gasteiger partial charge >= 0.3 is 0 Å². The lowest BCUT2D eigenvalue weighted by molar-refractivity contribution is 0.242. The maximum Gasteiger partial charge on any atom is 0.123 e. The molecule has 0 amide bonds. The van der Waals surface area contributed by atoms with E-state index < -0.39 is 0 Å². The molecule has 1 aromatic carbocycles. The SMILES string of the molecule is NC(=S)CC1Cc2cc(F)ccc2O1. The van der Waals surface area contributed by atoms with Crippen LogP contribution in [0.3, 0.4) is 0 Å². The Kier molecular flexibility index (Phi) is 2.37. The van der Waals surface area contributed by atoms with Gasteiger partial charge < -0.3 is 10.5 Å². The first-order valence-corrected chi connectivity index (χ1v) is 4.79. The van der Waals surface area contributed by atoms with E-state index in [1.165, 1.54) is 12.1 Å². The Morgan fingerprint density at radius 1 is 1.64 bits per heavy atom. The molecule has 0 fully saturated rings. The van der Waals surface area contributed by atoms with E-state index in [1.54, 1.807) is 6.07 Å². The topological polar surface area (TPSA) is 35.2 Å². The molecule has 1 aromatic rings. The first-order chi connectivity index (χ1) is 6.65. The van der Waals surface area contributed by atoms with Gasteiger partial charge in [-0.25, -0.2) is 4.39 Å². The van der Waals surface area contributed by atoms with Crippen LogP contribution in [0.2, 0.25) is 0 Å². The van der Waals surface area contributed by atoms with E-state index in [2.05, 4.69) is 0 Å². The Labute approximate surface area is 86.9 Å². The third kappa shape index (κ3) is 1.85. The smallest absolute Gasteiger partial charge is 0.123 e. The Morgan fingerprint density at radius 3 is 3.14 bits per heavy atom. The van der Waals surface area contributed by atoms with Crippen molar-refractivity contribution in [2.75, 3.05) is 0 Å². The number of rotatable bonds is 2. The summed E-state index contributed by atoms with van der Waals surface area (Å²) in [6.45, 7) is 0. The van der Waals surface area contributed by atoms with E-state index in [0.29, 0.717) is 17.8 Å². The summed E-state index contributed by atoms with van der Waals surface area (Å²) in [5, 5.41) is 0. The summed E-state index contributed by atoms with van der Waals surface area (Å²) in [7, 11) is 0. The van der Waals surface area contributed by atoms with Crippen molar-refractivity contribution in [1.29, 1.82) is 0 Å². The predicted molar refractivity (Wildman–Crippen MR) is 55.9 cm³/mol. The minimum atomic E-state index is -0.233. The fourth-order valence-corrected chi connectivity index (χ4v) is 1.81. The summed E-state index contributed by atoms with van der Waals surface area (Å²) in [4.78, 5) is 0.434. The Bertz CT molecular complexity index is 380. The van der Waals surface area contributed by atoms with Gasteiger partial charge in [0.25, 0.3) is 0 Å². The van der Waals surface area contributed by atoms with Gasteiger partial charge in [-0.1, -0.05) is 12.2 Å². The van der Waals surface area contributed by atoms with Crippen LogP contribution in [0.5, 0.6) is 5.75 Å². The van der Waals surface area contributed by atoms with Crippen molar-refractivity contribution in [1.82, 2.24) is 0 Å². The fraction of sp³-hybridized carbons (Fsp3) is 0.300. The third-order valence-electron chi connectivity index (χ3n) is 2.19. The number of thiocarbonyl (C=S) groups is 1. The van der Waals surface area contributed by atoms with Crippen LogP contribution in [0.25, 0.3) is 0 Å². The van der Waals surface area contributed by atoms with E-state index >= 15 is 0 Å². The van der Waals surface area contributed by atoms with Crippen LogP contribution in [0.1, 0.15) is 12.0 Å². The van der Waals surface area contributed by atoms with Crippen LogP contribution in [0.15, 0.2) is 18.2 Å². The first-order valence-electron chi connectivity index (χ1n) is 4.38. The summed E-state index contributed by atoms with van der Waals surface area (Å²) in [6, 6.07) is 4.53. The maximum absolute atomic E-state index is 12.8. The molecule has 4 heteroatoms. The van der Waals surface area contributed by atoms with Gasteiger partial charge in [-0.05, 0) is 18.2 Å². The zero-order valence-corrected chi connectivity index (χ0v) is 8.31. The summed E-state index contributed by atoms with van der Waals surface area (Å²) in [6.07, 6.45) is 1.21. The highest BCUT2D eigenvalue weighted by molar-refractivity contribution is 7.80. The van der Waals surface area contributed by atoms with Gasteiger partial charge in [0, 0.05) is 18.4 Å². The van der Waals surface area contributed by atoms with E-state index in [0.717, 1.165) is 11.3 Å². The van der Waals surface area contributed by atoms with E-state index in [4.69, 9.17) is 22.7 Å². The van der Waals surface area contributed by atoms with E-state index in [1.807, 2.05) is 0 Å². The Morgan fingerprint density at radius 2 is 2.43 bits per heavy atom. The number of ether oxygens (including phenoxy) is 1. The van der Waals surface area contributed by atoms with Crippen molar-refractivity contribution < 1.29 is 9.13 Å². The second-order valence-corrected chi connectivity index (χ2v) is 3.89. The summed E-state index contributed by atoms with van der Waals surface area (Å²) in [5.74, 6) is 0.510. The number of fused-ring (bicyclic) bond motifs is 1. The van der Waals surface area contributed by atoms with Crippen LogP contribution in [-0.4, -0.2) is 11.1 Å². The third-order valence-corrected chi connectivity index (χ3v) is 2.36. The van der Waals surface area contributed by atoms with Gasteiger partial charge in [0.05, 0.1) is 4.99 Å². The zero-order chi connectivity index (χ0) is 10.1. The predicted octanol–water partition coefficient (Wildman–Crippen LogP) is 1.81. The molecule has 14 heavy (non-hydrogen) atoms. The highest BCUT2D eigenvalue weighted by Gasteiger charge is 2.23. The number of halogens is 1. The van der Waals surface area contributed by atoms with Crippen molar-refractivity contribution in [3.8, 4) is 5.75 Å². The molecule has 74 valence electrons. The van der Waals surface area contributed by atoms with Crippen LogP contribution in [0, 0.1) is 5.82 Å². The molecule has 0 radical (unpaired) electrons. The molecule has 0 saturated heterocycles. The molecular weight excluding hydrogens is 201 g/mol. The fourth-order valence-electron chi connectivity index (χ4n) is 1.63. The molecule has 1 unspecified atom stereocenters.